The molecule has 1 atom stereocenters. The minimum atomic E-state index is -0.413. The Labute approximate surface area is 106 Å². The monoisotopic (exact) mass is 251 g/mol. The maximum atomic E-state index is 12.0. The molecule has 0 fully saturated rings. The molecule has 1 aromatic heterocycles. The Morgan fingerprint density at radius 1 is 1.56 bits per heavy atom. The minimum Gasteiger partial charge on any atom is -0.505 e. The molecule has 1 unspecified atom stereocenters. The molecule has 6 nitrogen and oxygen atoms in total. The van der Waals surface area contributed by atoms with Crippen LogP contribution in [0.15, 0.2) is 18.3 Å². The summed E-state index contributed by atoms with van der Waals surface area (Å²) < 4.78 is 0. The SMILES string of the molecule is CNC(=O)C(C)CN(C)C(=O)c1ncccc1O. The van der Waals surface area contributed by atoms with Crippen LogP contribution in [0, 0.1) is 5.92 Å². The number of amides is 2. The van der Waals surface area contributed by atoms with Gasteiger partial charge in [0, 0.05) is 26.8 Å². The van der Waals surface area contributed by atoms with Gasteiger partial charge in [0.1, 0.15) is 5.75 Å². The van der Waals surface area contributed by atoms with Crippen molar-refractivity contribution in [3.8, 4) is 5.75 Å². The molecule has 0 bridgehead atoms. The summed E-state index contributed by atoms with van der Waals surface area (Å²) >= 11 is 0. The average Bonchev–Trinajstić information content (AvgIpc) is 2.37. The fraction of sp³-hybridized carbons (Fsp3) is 0.417. The Balaban J connectivity index is 2.74. The van der Waals surface area contributed by atoms with E-state index in [0.29, 0.717) is 0 Å². The van der Waals surface area contributed by atoms with Gasteiger partial charge in [-0.1, -0.05) is 6.92 Å². The van der Waals surface area contributed by atoms with Gasteiger partial charge in [0.2, 0.25) is 5.91 Å². The molecule has 2 N–H and O–H groups in total. The van der Waals surface area contributed by atoms with Crippen molar-refractivity contribution >= 4 is 11.8 Å². The van der Waals surface area contributed by atoms with Gasteiger partial charge in [-0.25, -0.2) is 4.98 Å². The van der Waals surface area contributed by atoms with E-state index in [9.17, 15) is 14.7 Å². The Morgan fingerprint density at radius 3 is 2.78 bits per heavy atom. The number of nitrogens with zero attached hydrogens (tertiary/aromatic N) is 2. The summed E-state index contributed by atoms with van der Waals surface area (Å²) in [6.45, 7) is 1.98. The first-order chi connectivity index (χ1) is 8.47. The molecule has 0 aliphatic rings. The van der Waals surface area contributed by atoms with Crippen molar-refractivity contribution < 1.29 is 14.7 Å². The van der Waals surface area contributed by atoms with Crippen LogP contribution in [0.3, 0.4) is 0 Å². The third kappa shape index (κ3) is 3.19. The average molecular weight is 251 g/mol. The van der Waals surface area contributed by atoms with Crippen LogP contribution in [0.4, 0.5) is 0 Å². The lowest BCUT2D eigenvalue weighted by atomic mass is 10.1. The summed E-state index contributed by atoms with van der Waals surface area (Å²) in [6, 6.07) is 2.94. The molecule has 98 valence electrons. The van der Waals surface area contributed by atoms with Gasteiger partial charge in [-0.05, 0) is 12.1 Å². The van der Waals surface area contributed by atoms with Crippen molar-refractivity contribution in [3.05, 3.63) is 24.0 Å². The van der Waals surface area contributed by atoms with Gasteiger partial charge in [0.25, 0.3) is 5.91 Å². The number of pyridine rings is 1. The fourth-order valence-corrected chi connectivity index (χ4v) is 1.57. The van der Waals surface area contributed by atoms with Crippen molar-refractivity contribution in [2.75, 3.05) is 20.6 Å². The van der Waals surface area contributed by atoms with Crippen molar-refractivity contribution in [3.63, 3.8) is 0 Å². The summed E-state index contributed by atoms with van der Waals surface area (Å²) in [7, 11) is 3.11. The van der Waals surface area contributed by atoms with Gasteiger partial charge >= 0.3 is 0 Å². The van der Waals surface area contributed by atoms with E-state index in [1.807, 2.05) is 0 Å². The molecule has 18 heavy (non-hydrogen) atoms. The summed E-state index contributed by atoms with van der Waals surface area (Å²) in [6.07, 6.45) is 1.43. The molecule has 0 saturated heterocycles. The molecule has 0 saturated carbocycles. The lowest BCUT2D eigenvalue weighted by molar-refractivity contribution is -0.124. The van der Waals surface area contributed by atoms with E-state index in [1.165, 1.54) is 17.2 Å². The number of aromatic nitrogens is 1. The fourth-order valence-electron chi connectivity index (χ4n) is 1.57. The molecule has 1 rings (SSSR count). The number of aromatic hydroxyl groups is 1. The highest BCUT2D eigenvalue weighted by Crippen LogP contribution is 2.15. The first kappa shape index (κ1) is 14.0. The lowest BCUT2D eigenvalue weighted by Crippen LogP contribution is -2.37. The van der Waals surface area contributed by atoms with Crippen LogP contribution in [0.2, 0.25) is 0 Å². The van der Waals surface area contributed by atoms with Crippen LogP contribution in [-0.4, -0.2) is 47.4 Å². The smallest absolute Gasteiger partial charge is 0.276 e. The van der Waals surface area contributed by atoms with E-state index in [1.54, 1.807) is 27.1 Å². The number of hydrogen-bond donors (Lipinski definition) is 2. The lowest BCUT2D eigenvalue weighted by Gasteiger charge is -2.20. The molecule has 2 amide bonds. The highest BCUT2D eigenvalue weighted by Gasteiger charge is 2.21. The van der Waals surface area contributed by atoms with E-state index in [-0.39, 0.29) is 29.8 Å². The standard InChI is InChI=1S/C12H17N3O3/c1-8(11(17)13-2)7-15(3)12(18)10-9(16)5-4-6-14-10/h4-6,8,16H,7H2,1-3H3,(H,13,17). The third-order valence-corrected chi connectivity index (χ3v) is 2.58. The summed E-state index contributed by atoms with van der Waals surface area (Å²) in [5.74, 6) is -1.04. The molecule has 0 aliphatic carbocycles. The normalized spacial score (nSPS) is 11.7. The maximum absolute atomic E-state index is 12.0. The second-order valence-corrected chi connectivity index (χ2v) is 4.07. The number of carbonyl (C=O) groups excluding carboxylic acids is 2. The molecule has 0 radical (unpaired) electrons. The van der Waals surface area contributed by atoms with Crippen molar-refractivity contribution in [1.82, 2.24) is 15.2 Å². The van der Waals surface area contributed by atoms with Crippen molar-refractivity contribution in [2.24, 2.45) is 5.92 Å². The highest BCUT2D eigenvalue weighted by atomic mass is 16.3. The van der Waals surface area contributed by atoms with E-state index in [4.69, 9.17) is 0 Å². The minimum absolute atomic E-state index is 0.0101. The Morgan fingerprint density at radius 2 is 2.22 bits per heavy atom. The van der Waals surface area contributed by atoms with Gasteiger partial charge in [0.05, 0.1) is 5.92 Å². The zero-order valence-corrected chi connectivity index (χ0v) is 10.7. The first-order valence-corrected chi connectivity index (χ1v) is 5.58. The Hall–Kier alpha value is -2.11. The zero-order chi connectivity index (χ0) is 13.7. The quantitative estimate of drug-likeness (QED) is 0.803. The van der Waals surface area contributed by atoms with Crippen LogP contribution in [0.1, 0.15) is 17.4 Å². The predicted octanol–water partition coefficient (Wildman–Crippen LogP) is 0.241. The Kier molecular flexibility index (Phi) is 4.65. The molecule has 0 spiro atoms. The van der Waals surface area contributed by atoms with E-state index in [2.05, 4.69) is 10.3 Å². The summed E-state index contributed by atoms with van der Waals surface area (Å²) in [4.78, 5) is 28.5. The van der Waals surface area contributed by atoms with Gasteiger partial charge in [-0.2, -0.15) is 0 Å². The van der Waals surface area contributed by atoms with Crippen LogP contribution >= 0.6 is 0 Å². The van der Waals surface area contributed by atoms with E-state index >= 15 is 0 Å². The highest BCUT2D eigenvalue weighted by molar-refractivity contribution is 5.94. The van der Waals surface area contributed by atoms with Gasteiger partial charge in [-0.3, -0.25) is 9.59 Å². The zero-order valence-electron chi connectivity index (χ0n) is 10.7. The predicted molar refractivity (Wildman–Crippen MR) is 66.1 cm³/mol. The Bertz CT molecular complexity index is 448. The van der Waals surface area contributed by atoms with E-state index < -0.39 is 5.91 Å². The molecule has 1 aromatic rings. The number of hydrogen-bond acceptors (Lipinski definition) is 4. The summed E-state index contributed by atoms with van der Waals surface area (Å²) in [5.41, 5.74) is -0.0101. The van der Waals surface area contributed by atoms with Crippen molar-refractivity contribution in [2.45, 2.75) is 6.92 Å². The van der Waals surface area contributed by atoms with Crippen molar-refractivity contribution in [1.29, 1.82) is 0 Å². The molecule has 0 aliphatic heterocycles. The number of nitrogens with one attached hydrogen (secondary N) is 1. The summed E-state index contributed by atoms with van der Waals surface area (Å²) in [5, 5.41) is 12.0. The molecule has 6 heteroatoms. The molecular formula is C12H17N3O3. The third-order valence-electron chi connectivity index (χ3n) is 2.58. The van der Waals surface area contributed by atoms with E-state index in [0.717, 1.165) is 0 Å². The maximum Gasteiger partial charge on any atom is 0.276 e. The van der Waals surface area contributed by atoms with Gasteiger partial charge in [-0.15, -0.1) is 0 Å². The van der Waals surface area contributed by atoms with Gasteiger partial charge in [0.15, 0.2) is 5.69 Å². The van der Waals surface area contributed by atoms with Crippen LogP contribution < -0.4 is 5.32 Å². The number of rotatable bonds is 4. The molecular weight excluding hydrogens is 234 g/mol. The van der Waals surface area contributed by atoms with Crippen LogP contribution in [0.5, 0.6) is 5.75 Å². The second-order valence-electron chi connectivity index (χ2n) is 4.07. The number of carbonyl (C=O) groups is 2. The first-order valence-electron chi connectivity index (χ1n) is 5.58. The van der Waals surface area contributed by atoms with Gasteiger partial charge < -0.3 is 15.3 Å². The molecule has 0 aromatic carbocycles. The van der Waals surface area contributed by atoms with Crippen LogP contribution in [0.25, 0.3) is 0 Å². The molecule has 1 heterocycles. The van der Waals surface area contributed by atoms with Crippen LogP contribution in [-0.2, 0) is 4.79 Å². The topological polar surface area (TPSA) is 82.5 Å². The largest absolute Gasteiger partial charge is 0.505 e. The second kappa shape index (κ2) is 6.00.